The summed E-state index contributed by atoms with van der Waals surface area (Å²) in [6.07, 6.45) is 2.20. The Morgan fingerprint density at radius 1 is 1.00 bits per heavy atom. The summed E-state index contributed by atoms with van der Waals surface area (Å²) in [5.74, 6) is -2.36. The first kappa shape index (κ1) is 14.6. The molecule has 0 spiro atoms. The molecular weight excluding hydrogens is 321 g/mol. The van der Waals surface area contributed by atoms with Crippen molar-refractivity contribution in [3.05, 3.63) is 11.9 Å². The van der Waals surface area contributed by atoms with Crippen molar-refractivity contribution in [3.63, 3.8) is 0 Å². The lowest BCUT2D eigenvalue weighted by molar-refractivity contribution is 0.0927. The van der Waals surface area contributed by atoms with Gasteiger partial charge in [0, 0.05) is 4.11 Å². The number of allylic oxidation sites excluding steroid dienone is 2. The van der Waals surface area contributed by atoms with E-state index in [1.54, 1.807) is 0 Å². The molecule has 3 unspecified atom stereocenters. The lowest BCUT2D eigenvalue weighted by Gasteiger charge is -2.40. The second-order valence-corrected chi connectivity index (χ2v) is 8.35. The second kappa shape index (κ2) is 8.95. The minimum atomic E-state index is -3.79. The van der Waals surface area contributed by atoms with Gasteiger partial charge in [0.05, 0.1) is 1.37 Å². The Morgan fingerprint density at radius 3 is 2.16 bits per heavy atom. The summed E-state index contributed by atoms with van der Waals surface area (Å²) >= 11 is 0. The number of hydrogen-bond donors (Lipinski definition) is 0. The van der Waals surface area contributed by atoms with Gasteiger partial charge in [0.15, 0.2) is 6.17 Å². The molecule has 0 aromatic carbocycles. The van der Waals surface area contributed by atoms with Crippen molar-refractivity contribution in [2.45, 2.75) is 96.2 Å². The van der Waals surface area contributed by atoms with Crippen molar-refractivity contribution in [1.29, 1.82) is 0 Å². The van der Waals surface area contributed by atoms with Crippen LogP contribution in [0.2, 0.25) is 0 Å². The number of hydrogen-bond acceptors (Lipinski definition) is 0. The van der Waals surface area contributed by atoms with Crippen molar-refractivity contribution < 1.29 is 18.7 Å². The summed E-state index contributed by atoms with van der Waals surface area (Å²) in [6, 6.07) is 0. The highest BCUT2D eigenvalue weighted by Gasteiger charge is 2.38. The zero-order chi connectivity index (χ0) is 21.4. The van der Waals surface area contributed by atoms with Crippen LogP contribution in [0.15, 0.2) is 11.9 Å². The van der Waals surface area contributed by atoms with Crippen molar-refractivity contribution in [3.8, 4) is 0 Å². The molecule has 0 saturated heterocycles. The van der Waals surface area contributed by atoms with Gasteiger partial charge in [0.25, 0.3) is 0 Å². The normalized spacial score (nSPS) is 53.1. The fourth-order valence-electron chi connectivity index (χ4n) is 5.14. The van der Waals surface area contributed by atoms with E-state index in [-0.39, 0.29) is 0 Å². The third-order valence-electron chi connectivity index (χ3n) is 6.76. The third-order valence-corrected chi connectivity index (χ3v) is 6.76. The minimum absolute atomic E-state index is 0.500. The van der Waals surface area contributed by atoms with Crippen LogP contribution in [0.3, 0.4) is 0 Å². The van der Waals surface area contributed by atoms with E-state index >= 15 is 0 Å². The molecule has 0 aliphatic heterocycles. The summed E-state index contributed by atoms with van der Waals surface area (Å²) in [6.45, 7) is 2.22. The fraction of sp³-hybridized carbons (Fsp3) is 0.909. The number of alkyl halides is 2. The predicted octanol–water partition coefficient (Wildman–Crippen LogP) is 7.34. The monoisotopic (exact) mass is 360 g/mol. The molecule has 0 aromatic heterocycles. The van der Waals surface area contributed by atoms with Crippen molar-refractivity contribution in [2.24, 2.45) is 29.6 Å². The van der Waals surface area contributed by atoms with Gasteiger partial charge in [-0.05, 0) is 80.5 Å². The Balaban J connectivity index is 1.62. The van der Waals surface area contributed by atoms with Gasteiger partial charge in [-0.25, -0.2) is 13.2 Å². The molecule has 3 aliphatic carbocycles. The van der Waals surface area contributed by atoms with Crippen molar-refractivity contribution in [1.82, 2.24) is 0 Å². The van der Waals surface area contributed by atoms with E-state index in [4.69, 9.17) is 5.48 Å². The molecule has 0 bridgehead atoms. The van der Waals surface area contributed by atoms with E-state index in [9.17, 15) is 13.2 Å². The van der Waals surface area contributed by atoms with E-state index in [2.05, 4.69) is 6.92 Å². The van der Waals surface area contributed by atoms with Gasteiger partial charge in [-0.15, -0.1) is 0 Å². The van der Waals surface area contributed by atoms with Gasteiger partial charge in [0.2, 0.25) is 0 Å². The molecule has 0 aromatic rings. The molecule has 3 rings (SSSR count). The highest BCUT2D eigenvalue weighted by molar-refractivity contribution is 5.11. The Labute approximate surface area is 157 Å². The first-order valence-corrected chi connectivity index (χ1v) is 10.3. The highest BCUT2D eigenvalue weighted by atomic mass is 19.2. The van der Waals surface area contributed by atoms with Crippen LogP contribution in [0, 0.1) is 29.6 Å². The Kier molecular flexibility index (Phi) is 5.22. The Bertz CT molecular complexity index is 593. The van der Waals surface area contributed by atoms with Gasteiger partial charge >= 0.3 is 0 Å². The summed E-state index contributed by atoms with van der Waals surface area (Å²) < 4.78 is 74.5. The first-order valence-electron chi connectivity index (χ1n) is 12.3. The van der Waals surface area contributed by atoms with Crippen LogP contribution in [-0.4, -0.2) is 12.3 Å². The summed E-state index contributed by atoms with van der Waals surface area (Å²) in [5.41, 5.74) is 0. The molecule has 25 heavy (non-hydrogen) atoms. The zero-order valence-corrected chi connectivity index (χ0v) is 15.4. The van der Waals surface area contributed by atoms with Crippen LogP contribution in [0.1, 0.15) is 89.4 Å². The molecule has 3 heteroatoms. The molecule has 144 valence electrons. The topological polar surface area (TPSA) is 0 Å². The number of halogens is 3. The Morgan fingerprint density at radius 2 is 1.56 bits per heavy atom. The molecule has 3 atom stereocenters. The largest absolute Gasteiger partial charge is 0.244 e. The van der Waals surface area contributed by atoms with Crippen molar-refractivity contribution >= 4 is 0 Å². The highest BCUT2D eigenvalue weighted by Crippen LogP contribution is 2.45. The molecule has 0 heterocycles. The van der Waals surface area contributed by atoms with Gasteiger partial charge in [-0.1, -0.05) is 39.0 Å². The molecule has 0 radical (unpaired) electrons. The minimum Gasteiger partial charge on any atom is -0.244 e. The summed E-state index contributed by atoms with van der Waals surface area (Å²) in [7, 11) is 0. The van der Waals surface area contributed by atoms with Crippen LogP contribution in [-0.2, 0) is 0 Å². The summed E-state index contributed by atoms with van der Waals surface area (Å²) in [5, 5.41) is 0. The second-order valence-electron chi connectivity index (χ2n) is 8.35. The standard InChI is InChI=1S/C22H35F3/c1-2-3-4-15-5-7-16(8-6-15)17-9-11-18(12-10-17)19-13-20(23)22(25)21(24)14-19/h13,15-19,21-22H,2-12,14H2,1H3/i14D2,19D,21D. The maximum absolute atomic E-state index is 14.6. The van der Waals surface area contributed by atoms with Gasteiger partial charge in [-0.2, -0.15) is 0 Å². The average molecular weight is 361 g/mol. The van der Waals surface area contributed by atoms with Crippen LogP contribution in [0.5, 0.6) is 0 Å². The summed E-state index contributed by atoms with van der Waals surface area (Å²) in [4.78, 5) is 0. The Hall–Kier alpha value is -0.470. The van der Waals surface area contributed by atoms with E-state index < -0.39 is 36.3 Å². The van der Waals surface area contributed by atoms with E-state index in [1.165, 1.54) is 44.9 Å². The lowest BCUT2D eigenvalue weighted by atomic mass is 9.66. The maximum Gasteiger partial charge on any atom is 0.182 e. The van der Waals surface area contributed by atoms with Crippen LogP contribution < -0.4 is 0 Å². The maximum atomic E-state index is 14.6. The number of rotatable bonds is 5. The van der Waals surface area contributed by atoms with E-state index in [1.807, 2.05) is 0 Å². The van der Waals surface area contributed by atoms with E-state index in [0.717, 1.165) is 18.8 Å². The molecule has 2 saturated carbocycles. The smallest absolute Gasteiger partial charge is 0.182 e. The zero-order valence-electron chi connectivity index (χ0n) is 19.4. The van der Waals surface area contributed by atoms with Crippen molar-refractivity contribution in [2.75, 3.05) is 0 Å². The molecule has 0 N–H and O–H groups in total. The molecule has 2 fully saturated rings. The molecule has 0 amide bonds. The van der Waals surface area contributed by atoms with Gasteiger partial charge < -0.3 is 0 Å². The predicted molar refractivity (Wildman–Crippen MR) is 97.5 cm³/mol. The number of unbranched alkanes of at least 4 members (excludes halogenated alkanes) is 1. The average Bonchev–Trinajstić information content (AvgIpc) is 2.70. The van der Waals surface area contributed by atoms with Gasteiger partial charge in [-0.3, -0.25) is 0 Å². The lowest BCUT2D eigenvalue weighted by Crippen LogP contribution is -2.32. The third kappa shape index (κ3) is 4.83. The molecule has 0 nitrogen and oxygen atoms in total. The SMILES string of the molecule is [2H]C1(F)C(F)C(F)=CC([2H])(C2CCC(C3CCC(CCCC)CC3)CC2)C1([2H])[2H]. The quantitative estimate of drug-likeness (QED) is 0.481. The van der Waals surface area contributed by atoms with E-state index in [0.29, 0.717) is 30.8 Å². The van der Waals surface area contributed by atoms with Crippen LogP contribution in [0.25, 0.3) is 0 Å². The van der Waals surface area contributed by atoms with Gasteiger partial charge in [0.1, 0.15) is 12.0 Å². The van der Waals surface area contributed by atoms with Crippen LogP contribution >= 0.6 is 0 Å². The molecular formula is C22H35F3. The van der Waals surface area contributed by atoms with Crippen LogP contribution in [0.4, 0.5) is 13.2 Å². The fourth-order valence-corrected chi connectivity index (χ4v) is 5.14. The molecule has 3 aliphatic rings. The first-order chi connectivity index (χ1) is 13.5.